The molecule has 16 heavy (non-hydrogen) atoms. The van der Waals surface area contributed by atoms with E-state index in [0.29, 0.717) is 6.01 Å². The molecule has 2 rings (SSSR count). The molecule has 0 radical (unpaired) electrons. The molecule has 0 bridgehead atoms. The smallest absolute Gasteiger partial charge is 0.316 e. The maximum atomic E-state index is 5.01. The zero-order valence-corrected chi connectivity index (χ0v) is 10.2. The lowest BCUT2D eigenvalue weighted by molar-refractivity contribution is 0.0601. The van der Waals surface area contributed by atoms with Crippen LogP contribution in [0.5, 0.6) is 6.01 Å². The number of ether oxygens (including phenoxy) is 1. The highest BCUT2D eigenvalue weighted by Crippen LogP contribution is 2.24. The third kappa shape index (κ3) is 2.50. The summed E-state index contributed by atoms with van der Waals surface area (Å²) in [4.78, 5) is 10.7. The van der Waals surface area contributed by atoms with Gasteiger partial charge in [-0.15, -0.1) is 0 Å². The van der Waals surface area contributed by atoms with Crippen molar-refractivity contribution in [2.75, 3.05) is 20.2 Å². The molecule has 1 fully saturated rings. The van der Waals surface area contributed by atoms with Crippen LogP contribution in [0, 0.1) is 11.8 Å². The molecule has 1 aliphatic heterocycles. The molecule has 0 aromatic carbocycles. The van der Waals surface area contributed by atoms with Gasteiger partial charge in [-0.1, -0.05) is 13.8 Å². The Kier molecular flexibility index (Phi) is 3.39. The molecule has 1 aromatic rings. The Balaban J connectivity index is 1.86. The average molecular weight is 221 g/mol. The molecule has 0 atom stereocenters. The highest BCUT2D eigenvalue weighted by molar-refractivity contribution is 5.06. The summed E-state index contributed by atoms with van der Waals surface area (Å²) >= 11 is 0. The second kappa shape index (κ2) is 4.78. The molecule has 0 spiro atoms. The van der Waals surface area contributed by atoms with Crippen LogP contribution in [-0.4, -0.2) is 35.1 Å². The summed E-state index contributed by atoms with van der Waals surface area (Å²) in [6.45, 7) is 7.85. The maximum Gasteiger partial charge on any atom is 0.316 e. The predicted molar refractivity (Wildman–Crippen MR) is 62.2 cm³/mol. The van der Waals surface area contributed by atoms with Crippen molar-refractivity contribution in [3.63, 3.8) is 0 Å². The van der Waals surface area contributed by atoms with Crippen molar-refractivity contribution in [2.24, 2.45) is 11.8 Å². The van der Waals surface area contributed by atoms with E-state index in [1.807, 2.05) is 6.07 Å². The van der Waals surface area contributed by atoms with Gasteiger partial charge >= 0.3 is 6.01 Å². The predicted octanol–water partition coefficient (Wildman–Crippen LogP) is 1.57. The molecule has 0 unspecified atom stereocenters. The SMILES string of the molecule is COc1nccc(CN2CC(C(C)C)C2)n1. The van der Waals surface area contributed by atoms with E-state index in [1.54, 1.807) is 13.3 Å². The zero-order chi connectivity index (χ0) is 11.5. The highest BCUT2D eigenvalue weighted by atomic mass is 16.5. The first-order chi connectivity index (χ1) is 7.69. The Morgan fingerprint density at radius 2 is 2.25 bits per heavy atom. The summed E-state index contributed by atoms with van der Waals surface area (Å²) < 4.78 is 5.01. The van der Waals surface area contributed by atoms with E-state index in [-0.39, 0.29) is 0 Å². The van der Waals surface area contributed by atoms with E-state index < -0.39 is 0 Å². The molecular formula is C12H19N3O. The lowest BCUT2D eigenvalue weighted by Gasteiger charge is -2.41. The fraction of sp³-hybridized carbons (Fsp3) is 0.667. The van der Waals surface area contributed by atoms with Crippen LogP contribution in [-0.2, 0) is 6.54 Å². The van der Waals surface area contributed by atoms with Crippen molar-refractivity contribution in [3.05, 3.63) is 18.0 Å². The van der Waals surface area contributed by atoms with E-state index in [9.17, 15) is 0 Å². The van der Waals surface area contributed by atoms with Gasteiger partial charge in [0, 0.05) is 25.8 Å². The minimum absolute atomic E-state index is 0.457. The molecular weight excluding hydrogens is 202 g/mol. The average Bonchev–Trinajstić information content (AvgIpc) is 2.22. The first-order valence-electron chi connectivity index (χ1n) is 5.77. The normalized spacial score (nSPS) is 17.5. The van der Waals surface area contributed by atoms with Gasteiger partial charge in [0.25, 0.3) is 0 Å². The van der Waals surface area contributed by atoms with E-state index in [0.717, 1.165) is 24.1 Å². The number of rotatable bonds is 4. The lowest BCUT2D eigenvalue weighted by atomic mass is 9.88. The fourth-order valence-electron chi connectivity index (χ4n) is 1.95. The van der Waals surface area contributed by atoms with Gasteiger partial charge < -0.3 is 4.74 Å². The molecule has 1 aliphatic rings. The molecule has 0 aliphatic carbocycles. The molecule has 0 N–H and O–H groups in total. The van der Waals surface area contributed by atoms with Gasteiger partial charge in [0.15, 0.2) is 0 Å². The van der Waals surface area contributed by atoms with E-state index >= 15 is 0 Å². The number of likely N-dealkylation sites (tertiary alicyclic amines) is 1. The standard InChI is InChI=1S/C12H19N3O/c1-9(2)10-6-15(7-10)8-11-4-5-13-12(14-11)16-3/h4-5,9-10H,6-8H2,1-3H3. The summed E-state index contributed by atoms with van der Waals surface area (Å²) in [7, 11) is 1.59. The van der Waals surface area contributed by atoms with Gasteiger partial charge in [-0.3, -0.25) is 4.90 Å². The van der Waals surface area contributed by atoms with Crippen LogP contribution in [0.1, 0.15) is 19.5 Å². The lowest BCUT2D eigenvalue weighted by Crippen LogP contribution is -2.48. The third-order valence-corrected chi connectivity index (χ3v) is 3.19. The Labute approximate surface area is 96.7 Å². The van der Waals surface area contributed by atoms with Crippen molar-refractivity contribution in [1.82, 2.24) is 14.9 Å². The first kappa shape index (κ1) is 11.3. The number of nitrogens with zero attached hydrogens (tertiary/aromatic N) is 3. The summed E-state index contributed by atoms with van der Waals surface area (Å²) in [5, 5.41) is 0. The van der Waals surface area contributed by atoms with Crippen molar-refractivity contribution >= 4 is 0 Å². The number of methoxy groups -OCH3 is 1. The van der Waals surface area contributed by atoms with Crippen LogP contribution >= 0.6 is 0 Å². The molecule has 1 aromatic heterocycles. The largest absolute Gasteiger partial charge is 0.467 e. The minimum Gasteiger partial charge on any atom is -0.467 e. The van der Waals surface area contributed by atoms with E-state index in [2.05, 4.69) is 28.7 Å². The van der Waals surface area contributed by atoms with Crippen LogP contribution in [0.15, 0.2) is 12.3 Å². The van der Waals surface area contributed by atoms with Crippen molar-refractivity contribution in [2.45, 2.75) is 20.4 Å². The van der Waals surface area contributed by atoms with Crippen molar-refractivity contribution < 1.29 is 4.74 Å². The summed E-state index contributed by atoms with van der Waals surface area (Å²) in [6, 6.07) is 2.41. The monoisotopic (exact) mass is 221 g/mol. The Morgan fingerprint density at radius 1 is 1.50 bits per heavy atom. The van der Waals surface area contributed by atoms with E-state index in [1.165, 1.54) is 13.1 Å². The van der Waals surface area contributed by atoms with Gasteiger partial charge in [-0.05, 0) is 17.9 Å². The van der Waals surface area contributed by atoms with Crippen LogP contribution < -0.4 is 4.74 Å². The van der Waals surface area contributed by atoms with Crippen molar-refractivity contribution in [1.29, 1.82) is 0 Å². The second-order valence-electron chi connectivity index (χ2n) is 4.73. The Morgan fingerprint density at radius 3 is 2.88 bits per heavy atom. The maximum absolute atomic E-state index is 5.01. The second-order valence-corrected chi connectivity index (χ2v) is 4.73. The van der Waals surface area contributed by atoms with Crippen LogP contribution in [0.3, 0.4) is 0 Å². The van der Waals surface area contributed by atoms with Gasteiger partial charge in [0.1, 0.15) is 0 Å². The summed E-state index contributed by atoms with van der Waals surface area (Å²) in [5.41, 5.74) is 1.04. The first-order valence-corrected chi connectivity index (χ1v) is 5.77. The van der Waals surface area contributed by atoms with Crippen LogP contribution in [0.2, 0.25) is 0 Å². The van der Waals surface area contributed by atoms with Crippen LogP contribution in [0.4, 0.5) is 0 Å². The van der Waals surface area contributed by atoms with Gasteiger partial charge in [-0.25, -0.2) is 4.98 Å². The highest BCUT2D eigenvalue weighted by Gasteiger charge is 2.28. The molecule has 0 saturated carbocycles. The quantitative estimate of drug-likeness (QED) is 0.773. The number of aromatic nitrogens is 2. The van der Waals surface area contributed by atoms with Gasteiger partial charge in [0.2, 0.25) is 0 Å². The van der Waals surface area contributed by atoms with Crippen LogP contribution in [0.25, 0.3) is 0 Å². The molecule has 4 nitrogen and oxygen atoms in total. The third-order valence-electron chi connectivity index (χ3n) is 3.19. The topological polar surface area (TPSA) is 38.2 Å². The summed E-state index contributed by atoms with van der Waals surface area (Å²) in [6.07, 6.45) is 1.75. The molecule has 4 heteroatoms. The molecule has 0 amide bonds. The minimum atomic E-state index is 0.457. The number of hydrogen-bond acceptors (Lipinski definition) is 4. The van der Waals surface area contributed by atoms with Gasteiger partial charge in [0.05, 0.1) is 12.8 Å². The number of hydrogen-bond donors (Lipinski definition) is 0. The summed E-state index contributed by atoms with van der Waals surface area (Å²) in [5.74, 6) is 1.64. The fourth-order valence-corrected chi connectivity index (χ4v) is 1.95. The zero-order valence-electron chi connectivity index (χ0n) is 10.2. The Hall–Kier alpha value is -1.16. The van der Waals surface area contributed by atoms with Gasteiger partial charge in [-0.2, -0.15) is 4.98 Å². The Bertz CT molecular complexity index is 348. The van der Waals surface area contributed by atoms with E-state index in [4.69, 9.17) is 4.74 Å². The molecule has 88 valence electrons. The molecule has 2 heterocycles. The van der Waals surface area contributed by atoms with Crippen molar-refractivity contribution in [3.8, 4) is 6.01 Å². The molecule has 1 saturated heterocycles.